The van der Waals surface area contributed by atoms with Crippen molar-refractivity contribution < 1.29 is 14.3 Å². The van der Waals surface area contributed by atoms with Crippen molar-refractivity contribution >= 4 is 21.8 Å². The van der Waals surface area contributed by atoms with Crippen molar-refractivity contribution in [2.24, 2.45) is 0 Å². The van der Waals surface area contributed by atoms with Crippen molar-refractivity contribution in [3.05, 3.63) is 64.1 Å². The summed E-state index contributed by atoms with van der Waals surface area (Å²) in [7, 11) is 1.64. The zero-order valence-corrected chi connectivity index (χ0v) is 13.9. The summed E-state index contributed by atoms with van der Waals surface area (Å²) in [5.74, 6) is 0.686. The Hall–Kier alpha value is -1.85. The third kappa shape index (κ3) is 4.86. The third-order valence-electron chi connectivity index (χ3n) is 3.05. The first-order valence-corrected chi connectivity index (χ1v) is 7.73. The number of methoxy groups -OCH3 is 1. The number of halogens is 1. The van der Waals surface area contributed by atoms with Crippen LogP contribution in [0.4, 0.5) is 0 Å². The van der Waals surface area contributed by atoms with E-state index in [2.05, 4.69) is 21.2 Å². The molecular formula is C17H18BrNO3. The van der Waals surface area contributed by atoms with Gasteiger partial charge in [0.15, 0.2) is 0 Å². The molecule has 2 rings (SSSR count). The number of benzene rings is 2. The number of hydrogen-bond donors (Lipinski definition) is 1. The maximum absolute atomic E-state index is 12.1. The van der Waals surface area contributed by atoms with Crippen molar-refractivity contribution in [2.75, 3.05) is 20.3 Å². The van der Waals surface area contributed by atoms with Gasteiger partial charge in [-0.2, -0.15) is 0 Å². The standard InChI is InChI=1S/C17H18BrNO3/c1-21-10-11-22-14-8-6-13(7-9-14)12-19-17(20)15-4-2-3-5-16(15)18/h2-9H,10-12H2,1H3,(H,19,20). The predicted octanol–water partition coefficient (Wildman–Crippen LogP) is 3.40. The molecule has 0 radical (unpaired) electrons. The van der Waals surface area contributed by atoms with E-state index < -0.39 is 0 Å². The number of ether oxygens (including phenoxy) is 2. The predicted molar refractivity (Wildman–Crippen MR) is 89.1 cm³/mol. The van der Waals surface area contributed by atoms with Crippen LogP contribution in [0.3, 0.4) is 0 Å². The average molecular weight is 364 g/mol. The van der Waals surface area contributed by atoms with Gasteiger partial charge in [0, 0.05) is 18.1 Å². The van der Waals surface area contributed by atoms with Gasteiger partial charge < -0.3 is 14.8 Å². The molecule has 0 fully saturated rings. The summed E-state index contributed by atoms with van der Waals surface area (Å²) >= 11 is 3.38. The molecule has 0 saturated carbocycles. The monoisotopic (exact) mass is 363 g/mol. The lowest BCUT2D eigenvalue weighted by molar-refractivity contribution is 0.0950. The molecule has 5 heteroatoms. The second-order valence-electron chi connectivity index (χ2n) is 4.65. The van der Waals surface area contributed by atoms with Gasteiger partial charge in [0.25, 0.3) is 5.91 Å². The maximum atomic E-state index is 12.1. The van der Waals surface area contributed by atoms with E-state index in [1.54, 1.807) is 13.2 Å². The Morgan fingerprint density at radius 2 is 1.82 bits per heavy atom. The van der Waals surface area contributed by atoms with Gasteiger partial charge in [-0.05, 0) is 45.8 Å². The number of rotatable bonds is 7. The molecule has 4 nitrogen and oxygen atoms in total. The SMILES string of the molecule is COCCOc1ccc(CNC(=O)c2ccccc2Br)cc1. The van der Waals surface area contributed by atoms with Gasteiger partial charge in [-0.1, -0.05) is 24.3 Å². The van der Waals surface area contributed by atoms with Gasteiger partial charge in [-0.3, -0.25) is 4.79 Å². The fourth-order valence-electron chi connectivity index (χ4n) is 1.87. The second-order valence-corrected chi connectivity index (χ2v) is 5.50. The third-order valence-corrected chi connectivity index (χ3v) is 3.74. The first-order chi connectivity index (χ1) is 10.7. The van der Waals surface area contributed by atoms with Gasteiger partial charge in [0.2, 0.25) is 0 Å². The molecule has 0 bridgehead atoms. The van der Waals surface area contributed by atoms with Crippen LogP contribution in [0.2, 0.25) is 0 Å². The number of carbonyl (C=O) groups excluding carboxylic acids is 1. The highest BCUT2D eigenvalue weighted by Gasteiger charge is 2.08. The lowest BCUT2D eigenvalue weighted by Gasteiger charge is -2.08. The van der Waals surface area contributed by atoms with Gasteiger partial charge >= 0.3 is 0 Å². The molecule has 22 heavy (non-hydrogen) atoms. The molecule has 0 spiro atoms. The van der Waals surface area contributed by atoms with Gasteiger partial charge in [0.05, 0.1) is 12.2 Å². The van der Waals surface area contributed by atoms with E-state index in [1.165, 1.54) is 0 Å². The van der Waals surface area contributed by atoms with E-state index in [0.29, 0.717) is 25.3 Å². The van der Waals surface area contributed by atoms with Gasteiger partial charge in [-0.25, -0.2) is 0 Å². The fourth-order valence-corrected chi connectivity index (χ4v) is 2.33. The van der Waals surface area contributed by atoms with Crippen LogP contribution >= 0.6 is 15.9 Å². The smallest absolute Gasteiger partial charge is 0.252 e. The molecule has 116 valence electrons. The summed E-state index contributed by atoms with van der Waals surface area (Å²) < 4.78 is 11.2. The zero-order chi connectivity index (χ0) is 15.8. The van der Waals surface area contributed by atoms with Crippen LogP contribution in [-0.2, 0) is 11.3 Å². The lowest BCUT2D eigenvalue weighted by Crippen LogP contribution is -2.23. The van der Waals surface area contributed by atoms with Gasteiger partial charge in [0.1, 0.15) is 12.4 Å². The quantitative estimate of drug-likeness (QED) is 0.766. The van der Waals surface area contributed by atoms with Crippen molar-refractivity contribution in [2.45, 2.75) is 6.54 Å². The largest absolute Gasteiger partial charge is 0.491 e. The minimum Gasteiger partial charge on any atom is -0.491 e. The Bertz CT molecular complexity index is 614. The second kappa shape index (κ2) is 8.56. The van der Waals surface area contributed by atoms with Crippen molar-refractivity contribution in [3.63, 3.8) is 0 Å². The minimum atomic E-state index is -0.104. The van der Waals surface area contributed by atoms with E-state index in [1.807, 2.05) is 42.5 Å². The molecule has 1 amide bonds. The molecule has 1 N–H and O–H groups in total. The van der Waals surface area contributed by atoms with E-state index in [4.69, 9.17) is 9.47 Å². The molecule has 0 heterocycles. The lowest BCUT2D eigenvalue weighted by atomic mass is 10.2. The van der Waals surface area contributed by atoms with Crippen LogP contribution in [0.15, 0.2) is 53.0 Å². The van der Waals surface area contributed by atoms with E-state index in [0.717, 1.165) is 15.8 Å². The van der Waals surface area contributed by atoms with Crippen LogP contribution in [0.25, 0.3) is 0 Å². The number of hydrogen-bond acceptors (Lipinski definition) is 3. The summed E-state index contributed by atoms with van der Waals surface area (Å²) in [5.41, 5.74) is 1.64. The highest BCUT2D eigenvalue weighted by molar-refractivity contribution is 9.10. The van der Waals surface area contributed by atoms with Crippen LogP contribution in [0, 0.1) is 0 Å². The summed E-state index contributed by atoms with van der Waals surface area (Å²) in [6.07, 6.45) is 0. The highest BCUT2D eigenvalue weighted by Crippen LogP contribution is 2.16. The van der Waals surface area contributed by atoms with E-state index in [-0.39, 0.29) is 5.91 Å². The molecule has 0 unspecified atom stereocenters. The first-order valence-electron chi connectivity index (χ1n) is 6.94. The molecule has 0 aromatic heterocycles. The average Bonchev–Trinajstić information content (AvgIpc) is 2.54. The number of amides is 1. The van der Waals surface area contributed by atoms with Crippen molar-refractivity contribution in [1.82, 2.24) is 5.32 Å². The highest BCUT2D eigenvalue weighted by atomic mass is 79.9. The van der Waals surface area contributed by atoms with Gasteiger partial charge in [-0.15, -0.1) is 0 Å². The zero-order valence-electron chi connectivity index (χ0n) is 12.3. The fraction of sp³-hybridized carbons (Fsp3) is 0.235. The Balaban J connectivity index is 1.86. The first kappa shape index (κ1) is 16.5. The summed E-state index contributed by atoms with van der Waals surface area (Å²) in [6, 6.07) is 15.0. The Kier molecular flexibility index (Phi) is 6.43. The summed E-state index contributed by atoms with van der Waals surface area (Å²) in [5, 5.41) is 2.90. The topological polar surface area (TPSA) is 47.6 Å². The maximum Gasteiger partial charge on any atom is 0.252 e. The molecule has 2 aromatic rings. The van der Waals surface area contributed by atoms with Crippen LogP contribution < -0.4 is 10.1 Å². The molecule has 0 aliphatic heterocycles. The molecule has 0 saturated heterocycles. The number of carbonyl (C=O) groups is 1. The van der Waals surface area contributed by atoms with E-state index >= 15 is 0 Å². The summed E-state index contributed by atoms with van der Waals surface area (Å²) in [6.45, 7) is 1.55. The normalized spacial score (nSPS) is 10.3. The molecular weight excluding hydrogens is 346 g/mol. The van der Waals surface area contributed by atoms with Crippen LogP contribution in [-0.4, -0.2) is 26.2 Å². The summed E-state index contributed by atoms with van der Waals surface area (Å²) in [4.78, 5) is 12.1. The van der Waals surface area contributed by atoms with Crippen molar-refractivity contribution in [3.8, 4) is 5.75 Å². The number of nitrogens with one attached hydrogen (secondary N) is 1. The molecule has 0 atom stereocenters. The van der Waals surface area contributed by atoms with Crippen molar-refractivity contribution in [1.29, 1.82) is 0 Å². The van der Waals surface area contributed by atoms with Crippen LogP contribution in [0.1, 0.15) is 15.9 Å². The minimum absolute atomic E-state index is 0.104. The Morgan fingerprint density at radius 3 is 2.50 bits per heavy atom. The Labute approximate surface area is 138 Å². The molecule has 0 aliphatic carbocycles. The molecule has 0 aliphatic rings. The molecule has 2 aromatic carbocycles. The van der Waals surface area contributed by atoms with E-state index in [9.17, 15) is 4.79 Å². The van der Waals surface area contributed by atoms with Crippen LogP contribution in [0.5, 0.6) is 5.75 Å². The Morgan fingerprint density at radius 1 is 1.09 bits per heavy atom.